The molecule has 1 N–H and O–H groups in total. The van der Waals surface area contributed by atoms with Crippen LogP contribution in [0.5, 0.6) is 0 Å². The molecular formula is C13H14ClN3OS2. The largest absolute Gasteiger partial charge is 0.301 e. The Morgan fingerprint density at radius 3 is 3.10 bits per heavy atom. The molecule has 0 bridgehead atoms. The van der Waals surface area contributed by atoms with E-state index in [-0.39, 0.29) is 5.56 Å². The Morgan fingerprint density at radius 1 is 1.55 bits per heavy atom. The van der Waals surface area contributed by atoms with Gasteiger partial charge in [-0.05, 0) is 18.4 Å². The summed E-state index contributed by atoms with van der Waals surface area (Å²) in [5.74, 6) is 0. The number of rotatable bonds is 3. The highest BCUT2D eigenvalue weighted by Crippen LogP contribution is 2.24. The number of fused-ring (bicyclic) bond motifs is 1. The predicted octanol–water partition coefficient (Wildman–Crippen LogP) is 2.77. The number of thiophene rings is 1. The first-order valence-corrected chi connectivity index (χ1v) is 8.70. The van der Waals surface area contributed by atoms with Gasteiger partial charge in [-0.3, -0.25) is 9.69 Å². The van der Waals surface area contributed by atoms with E-state index in [1.807, 2.05) is 18.4 Å². The molecule has 0 unspecified atom stereocenters. The molecule has 4 nitrogen and oxygen atoms in total. The fourth-order valence-electron chi connectivity index (χ4n) is 2.35. The molecule has 7 heteroatoms. The number of hydrogen-bond donors (Lipinski definition) is 1. The molecule has 2 aromatic heterocycles. The van der Waals surface area contributed by atoms with Crippen LogP contribution in [0.25, 0.3) is 0 Å². The zero-order valence-corrected chi connectivity index (χ0v) is 13.4. The SMILES string of the molecule is CSc1nc2c(c(=O)[nH]1)CN(Cc1ccc(Cl)s1)CC2. The summed E-state index contributed by atoms with van der Waals surface area (Å²) in [6, 6.07) is 3.96. The van der Waals surface area contributed by atoms with Crippen molar-refractivity contribution in [2.24, 2.45) is 0 Å². The predicted molar refractivity (Wildman–Crippen MR) is 83.8 cm³/mol. The second-order valence-electron chi connectivity index (χ2n) is 4.67. The first kappa shape index (κ1) is 14.1. The van der Waals surface area contributed by atoms with E-state index in [2.05, 4.69) is 14.9 Å². The molecule has 0 atom stereocenters. The van der Waals surface area contributed by atoms with Crippen molar-refractivity contribution in [3.05, 3.63) is 43.0 Å². The number of aromatic amines is 1. The van der Waals surface area contributed by atoms with Gasteiger partial charge in [0.2, 0.25) is 0 Å². The van der Waals surface area contributed by atoms with Crippen molar-refractivity contribution in [1.29, 1.82) is 0 Å². The molecule has 0 saturated heterocycles. The van der Waals surface area contributed by atoms with E-state index < -0.39 is 0 Å². The van der Waals surface area contributed by atoms with Gasteiger partial charge in [0.25, 0.3) is 5.56 Å². The lowest BCUT2D eigenvalue weighted by Crippen LogP contribution is -2.35. The van der Waals surface area contributed by atoms with Crippen molar-refractivity contribution >= 4 is 34.7 Å². The van der Waals surface area contributed by atoms with Crippen LogP contribution in [0.3, 0.4) is 0 Å². The summed E-state index contributed by atoms with van der Waals surface area (Å²) in [7, 11) is 0. The van der Waals surface area contributed by atoms with E-state index >= 15 is 0 Å². The number of nitrogens with zero attached hydrogens (tertiary/aromatic N) is 2. The Bertz CT molecular complexity index is 682. The molecule has 0 fully saturated rings. The van der Waals surface area contributed by atoms with Crippen molar-refractivity contribution in [3.8, 4) is 0 Å². The van der Waals surface area contributed by atoms with E-state index in [9.17, 15) is 4.79 Å². The molecule has 106 valence electrons. The molecule has 0 amide bonds. The van der Waals surface area contributed by atoms with Crippen molar-refractivity contribution in [2.45, 2.75) is 24.7 Å². The number of thioether (sulfide) groups is 1. The third kappa shape index (κ3) is 2.93. The standard InChI is InChI=1S/C13H14ClN3OS2/c1-19-13-15-10-4-5-17(7-9(10)12(18)16-13)6-8-2-3-11(14)20-8/h2-3H,4-7H2,1H3,(H,15,16,18). The zero-order valence-electron chi connectivity index (χ0n) is 11.0. The van der Waals surface area contributed by atoms with Crippen molar-refractivity contribution in [2.75, 3.05) is 12.8 Å². The van der Waals surface area contributed by atoms with Crippen LogP contribution in [-0.4, -0.2) is 27.7 Å². The first-order chi connectivity index (χ1) is 9.65. The van der Waals surface area contributed by atoms with Crippen molar-refractivity contribution in [3.63, 3.8) is 0 Å². The van der Waals surface area contributed by atoms with Crippen LogP contribution >= 0.6 is 34.7 Å². The summed E-state index contributed by atoms with van der Waals surface area (Å²) < 4.78 is 0.807. The Hall–Kier alpha value is -0.820. The van der Waals surface area contributed by atoms with Gasteiger partial charge in [-0.15, -0.1) is 11.3 Å². The fourth-order valence-corrected chi connectivity index (χ4v) is 3.87. The maximum absolute atomic E-state index is 12.1. The van der Waals surface area contributed by atoms with E-state index in [0.29, 0.717) is 11.7 Å². The minimum absolute atomic E-state index is 0.00624. The molecule has 0 aliphatic carbocycles. The van der Waals surface area contributed by atoms with Gasteiger partial charge in [0.05, 0.1) is 15.6 Å². The fraction of sp³-hybridized carbons (Fsp3) is 0.385. The molecule has 2 aromatic rings. The van der Waals surface area contributed by atoms with E-state index in [1.165, 1.54) is 16.6 Å². The Labute approximate surface area is 130 Å². The summed E-state index contributed by atoms with van der Waals surface area (Å²) in [5.41, 5.74) is 1.74. The lowest BCUT2D eigenvalue weighted by molar-refractivity contribution is 0.243. The summed E-state index contributed by atoms with van der Waals surface area (Å²) in [6.45, 7) is 2.41. The van der Waals surface area contributed by atoms with Gasteiger partial charge in [-0.25, -0.2) is 4.98 Å². The van der Waals surface area contributed by atoms with Crippen LogP contribution in [0.4, 0.5) is 0 Å². The molecule has 3 rings (SSSR count). The molecule has 3 heterocycles. The maximum Gasteiger partial charge on any atom is 0.256 e. The van der Waals surface area contributed by atoms with Crippen LogP contribution in [0.2, 0.25) is 4.34 Å². The lowest BCUT2D eigenvalue weighted by atomic mass is 10.1. The maximum atomic E-state index is 12.1. The van der Waals surface area contributed by atoms with Gasteiger partial charge in [0, 0.05) is 30.9 Å². The van der Waals surface area contributed by atoms with Gasteiger partial charge in [0.15, 0.2) is 5.16 Å². The highest BCUT2D eigenvalue weighted by Gasteiger charge is 2.21. The molecule has 1 aliphatic heterocycles. The second-order valence-corrected chi connectivity index (χ2v) is 7.26. The van der Waals surface area contributed by atoms with Crippen LogP contribution in [-0.2, 0) is 19.5 Å². The summed E-state index contributed by atoms with van der Waals surface area (Å²) in [5, 5.41) is 0.701. The molecule has 0 radical (unpaired) electrons. The quantitative estimate of drug-likeness (QED) is 0.695. The van der Waals surface area contributed by atoms with E-state index in [0.717, 1.165) is 35.1 Å². The average molecular weight is 328 g/mol. The zero-order chi connectivity index (χ0) is 14.1. The highest BCUT2D eigenvalue weighted by atomic mass is 35.5. The van der Waals surface area contributed by atoms with E-state index in [4.69, 9.17) is 11.6 Å². The Balaban J connectivity index is 1.80. The van der Waals surface area contributed by atoms with Gasteiger partial charge < -0.3 is 4.98 Å². The number of aromatic nitrogens is 2. The Kier molecular flexibility index (Phi) is 4.16. The lowest BCUT2D eigenvalue weighted by Gasteiger charge is -2.27. The van der Waals surface area contributed by atoms with Crippen molar-refractivity contribution in [1.82, 2.24) is 14.9 Å². The first-order valence-electron chi connectivity index (χ1n) is 6.28. The number of H-pyrrole nitrogens is 1. The monoisotopic (exact) mass is 327 g/mol. The van der Waals surface area contributed by atoms with Gasteiger partial charge in [0.1, 0.15) is 0 Å². The van der Waals surface area contributed by atoms with Gasteiger partial charge >= 0.3 is 0 Å². The van der Waals surface area contributed by atoms with Crippen molar-refractivity contribution < 1.29 is 0 Å². The second kappa shape index (κ2) is 5.89. The van der Waals surface area contributed by atoms with E-state index in [1.54, 1.807) is 11.3 Å². The van der Waals surface area contributed by atoms with Crippen LogP contribution in [0, 0.1) is 0 Å². The van der Waals surface area contributed by atoms with Crippen LogP contribution in [0.15, 0.2) is 22.1 Å². The smallest absolute Gasteiger partial charge is 0.256 e. The minimum Gasteiger partial charge on any atom is -0.301 e. The number of hydrogen-bond acceptors (Lipinski definition) is 5. The molecule has 0 spiro atoms. The van der Waals surface area contributed by atoms with Crippen LogP contribution in [0.1, 0.15) is 16.1 Å². The number of nitrogens with one attached hydrogen (secondary N) is 1. The van der Waals surface area contributed by atoms with Gasteiger partial charge in [-0.1, -0.05) is 23.4 Å². The normalized spacial score (nSPS) is 15.3. The van der Waals surface area contributed by atoms with Gasteiger partial charge in [-0.2, -0.15) is 0 Å². The third-order valence-corrected chi connectivity index (χ3v) is 5.12. The summed E-state index contributed by atoms with van der Waals surface area (Å²) in [4.78, 5) is 22.9. The molecule has 20 heavy (non-hydrogen) atoms. The summed E-state index contributed by atoms with van der Waals surface area (Å²) >= 11 is 9.01. The molecular weight excluding hydrogens is 314 g/mol. The highest BCUT2D eigenvalue weighted by molar-refractivity contribution is 7.98. The number of halogens is 1. The third-order valence-electron chi connectivity index (χ3n) is 3.33. The molecule has 0 saturated carbocycles. The summed E-state index contributed by atoms with van der Waals surface area (Å²) in [6.07, 6.45) is 2.74. The molecule has 1 aliphatic rings. The van der Waals surface area contributed by atoms with Crippen LogP contribution < -0.4 is 5.56 Å². The topological polar surface area (TPSA) is 49.0 Å². The Morgan fingerprint density at radius 2 is 2.40 bits per heavy atom. The molecule has 0 aromatic carbocycles. The average Bonchev–Trinajstić information content (AvgIpc) is 2.84. The minimum atomic E-state index is -0.00624.